The third-order valence-corrected chi connectivity index (χ3v) is 16.5. The Morgan fingerprint density at radius 2 is 0.470 bits per heavy atom. The van der Waals surface area contributed by atoms with Crippen LogP contribution in [-0.4, -0.2) is 37.2 Å². The van der Waals surface area contributed by atoms with Crippen LogP contribution in [0.3, 0.4) is 0 Å². The molecule has 0 amide bonds. The van der Waals surface area contributed by atoms with Crippen LogP contribution < -0.4 is 0 Å². The van der Waals surface area contributed by atoms with Crippen molar-refractivity contribution in [3.63, 3.8) is 0 Å². The fraction of sp³-hybridized carbons (Fsp3) is 0.831. The molecule has 0 fully saturated rings. The van der Waals surface area contributed by atoms with Crippen LogP contribution in [0.2, 0.25) is 0 Å². The van der Waals surface area contributed by atoms with Crippen molar-refractivity contribution in [2.24, 2.45) is 0 Å². The molecule has 1 unspecified atom stereocenters. The van der Waals surface area contributed by atoms with Crippen molar-refractivity contribution in [2.75, 3.05) is 13.2 Å². The third-order valence-electron chi connectivity index (χ3n) is 16.5. The monoisotopic (exact) mass is 1160 g/mol. The molecule has 0 bridgehead atoms. The maximum absolute atomic E-state index is 13.0. The Balaban J connectivity index is 4.21. The van der Waals surface area contributed by atoms with Gasteiger partial charge in [0.2, 0.25) is 0 Å². The van der Waals surface area contributed by atoms with Gasteiger partial charge in [0.05, 0.1) is 0 Å². The van der Waals surface area contributed by atoms with Crippen LogP contribution >= 0.6 is 0 Å². The molecule has 0 spiro atoms. The predicted molar refractivity (Wildman–Crippen MR) is 362 cm³/mol. The number of ether oxygens (including phenoxy) is 3. The Bertz CT molecular complexity index is 1470. The van der Waals surface area contributed by atoms with Crippen molar-refractivity contribution in [2.45, 2.75) is 399 Å². The van der Waals surface area contributed by atoms with Gasteiger partial charge in [-0.2, -0.15) is 0 Å². The molecule has 0 aromatic heterocycles. The molecule has 83 heavy (non-hydrogen) atoms. The fourth-order valence-electron chi connectivity index (χ4n) is 11.1. The minimum atomic E-state index is -0.771. The summed E-state index contributed by atoms with van der Waals surface area (Å²) >= 11 is 0. The average molecular weight is 1160 g/mol. The van der Waals surface area contributed by atoms with Gasteiger partial charge in [-0.15, -0.1) is 0 Å². The van der Waals surface area contributed by atoms with Crippen molar-refractivity contribution in [1.29, 1.82) is 0 Å². The second kappa shape index (κ2) is 71.6. The first kappa shape index (κ1) is 80.1. The molecule has 6 heteroatoms. The normalized spacial score (nSPS) is 12.4. The molecular formula is C77H140O6. The van der Waals surface area contributed by atoms with Crippen molar-refractivity contribution in [3.8, 4) is 0 Å². The predicted octanol–water partition coefficient (Wildman–Crippen LogP) is 25.5. The Morgan fingerprint density at radius 3 is 0.735 bits per heavy atom. The minimum Gasteiger partial charge on any atom is -0.462 e. The van der Waals surface area contributed by atoms with Crippen LogP contribution in [0.25, 0.3) is 0 Å². The zero-order valence-electron chi connectivity index (χ0n) is 55.7. The van der Waals surface area contributed by atoms with Crippen molar-refractivity contribution in [1.82, 2.24) is 0 Å². The molecule has 0 N–H and O–H groups in total. The Morgan fingerprint density at radius 1 is 0.253 bits per heavy atom. The van der Waals surface area contributed by atoms with Crippen molar-refractivity contribution in [3.05, 3.63) is 60.8 Å². The maximum Gasteiger partial charge on any atom is 0.306 e. The second-order valence-corrected chi connectivity index (χ2v) is 24.8. The van der Waals surface area contributed by atoms with Gasteiger partial charge in [-0.25, -0.2) is 0 Å². The van der Waals surface area contributed by atoms with E-state index >= 15 is 0 Å². The first-order valence-electron chi connectivity index (χ1n) is 36.8. The van der Waals surface area contributed by atoms with Gasteiger partial charge in [0.25, 0.3) is 0 Å². The van der Waals surface area contributed by atoms with E-state index in [-0.39, 0.29) is 31.1 Å². The summed E-state index contributed by atoms with van der Waals surface area (Å²) in [7, 11) is 0. The van der Waals surface area contributed by atoms with Gasteiger partial charge < -0.3 is 14.2 Å². The van der Waals surface area contributed by atoms with Crippen LogP contribution in [0, 0.1) is 0 Å². The van der Waals surface area contributed by atoms with Crippen LogP contribution in [0.1, 0.15) is 393 Å². The highest BCUT2D eigenvalue weighted by molar-refractivity contribution is 5.71. The number of esters is 3. The molecule has 0 aliphatic rings. The number of hydrogen-bond acceptors (Lipinski definition) is 6. The van der Waals surface area contributed by atoms with Crippen molar-refractivity contribution < 1.29 is 28.6 Å². The Kier molecular flexibility index (Phi) is 69.1. The highest BCUT2D eigenvalue weighted by atomic mass is 16.6. The summed E-state index contributed by atoms with van der Waals surface area (Å²) in [4.78, 5) is 38.5. The molecule has 0 saturated carbocycles. The highest BCUT2D eigenvalue weighted by Gasteiger charge is 2.19. The van der Waals surface area contributed by atoms with Gasteiger partial charge in [-0.05, 0) is 64.2 Å². The van der Waals surface area contributed by atoms with Crippen LogP contribution in [0.5, 0.6) is 0 Å². The molecule has 0 heterocycles. The molecule has 0 aliphatic heterocycles. The number of rotatable bonds is 68. The van der Waals surface area contributed by atoms with Crippen molar-refractivity contribution >= 4 is 17.9 Å². The number of carbonyl (C=O) groups is 3. The summed E-state index contributed by atoms with van der Waals surface area (Å²) < 4.78 is 17.0. The SMILES string of the molecule is CC/C=C\C/C=C\C/C=C\C/C=C\C/C=C\CCCCCCCCCCCCCCCC(=O)OCC(COC(=O)CCCCCCCCCCCCCCC)OC(=O)CCCCCCCCCCCCCCCCCCCCCCCCC. The zero-order chi connectivity index (χ0) is 59.9. The summed E-state index contributed by atoms with van der Waals surface area (Å²) in [5.74, 6) is -0.839. The molecule has 484 valence electrons. The van der Waals surface area contributed by atoms with E-state index in [1.807, 2.05) is 0 Å². The van der Waals surface area contributed by atoms with E-state index in [9.17, 15) is 14.4 Å². The van der Waals surface area contributed by atoms with Gasteiger partial charge >= 0.3 is 17.9 Å². The molecule has 0 aromatic rings. The molecule has 0 radical (unpaired) electrons. The summed E-state index contributed by atoms with van der Waals surface area (Å²) in [5, 5.41) is 0. The van der Waals surface area contributed by atoms with Gasteiger partial charge in [-0.1, -0.05) is 370 Å². The van der Waals surface area contributed by atoms with Crippen LogP contribution in [-0.2, 0) is 28.6 Å². The average Bonchev–Trinajstić information content (AvgIpc) is 3.49. The Hall–Kier alpha value is -2.89. The van der Waals surface area contributed by atoms with Crippen LogP contribution in [0.4, 0.5) is 0 Å². The molecule has 6 nitrogen and oxygen atoms in total. The van der Waals surface area contributed by atoms with Crippen LogP contribution in [0.15, 0.2) is 60.8 Å². The van der Waals surface area contributed by atoms with Gasteiger partial charge in [0.1, 0.15) is 13.2 Å². The topological polar surface area (TPSA) is 78.9 Å². The lowest BCUT2D eigenvalue weighted by atomic mass is 10.0. The van der Waals surface area contributed by atoms with Gasteiger partial charge in [-0.3, -0.25) is 14.4 Å². The lowest BCUT2D eigenvalue weighted by Crippen LogP contribution is -2.30. The maximum atomic E-state index is 13.0. The molecular weight excluding hydrogens is 1020 g/mol. The first-order valence-corrected chi connectivity index (χ1v) is 36.8. The Labute approximate surface area is 517 Å². The molecule has 0 aliphatic carbocycles. The second-order valence-electron chi connectivity index (χ2n) is 24.8. The van der Waals surface area contributed by atoms with E-state index in [0.717, 1.165) is 89.9 Å². The quantitative estimate of drug-likeness (QED) is 0.0261. The number of carbonyl (C=O) groups excluding carboxylic acids is 3. The number of allylic oxidation sites excluding steroid dienone is 10. The lowest BCUT2D eigenvalue weighted by molar-refractivity contribution is -0.167. The summed E-state index contributed by atoms with van der Waals surface area (Å²) in [5.41, 5.74) is 0. The third kappa shape index (κ3) is 69.8. The standard InChI is InChI=1S/C77H140O6/c1-4-7-10-13-16-19-22-25-27-29-31-33-35-36-37-38-39-40-42-43-45-47-49-52-55-58-61-64-67-70-76(79)82-73-74(72-81-75(78)69-66-63-60-57-54-51-24-21-18-15-12-9-6-3)83-77(80)71-68-65-62-59-56-53-50-48-46-44-41-34-32-30-28-26-23-20-17-14-11-8-5-2/h7,10,16,19,25,27,31,33,36-37,74H,4-6,8-9,11-15,17-18,20-24,26,28-30,32,34-35,38-73H2,1-3H3/b10-7-,19-16-,27-25-,33-31-,37-36-. The van der Waals surface area contributed by atoms with E-state index < -0.39 is 6.10 Å². The van der Waals surface area contributed by atoms with E-state index in [1.54, 1.807) is 0 Å². The summed E-state index contributed by atoms with van der Waals surface area (Å²) in [6.07, 6.45) is 92.6. The number of unbranched alkanes of at least 4 members (excludes halogenated alkanes) is 47. The molecule has 0 saturated heterocycles. The van der Waals surface area contributed by atoms with E-state index in [2.05, 4.69) is 81.5 Å². The van der Waals surface area contributed by atoms with E-state index in [0.29, 0.717) is 19.3 Å². The minimum absolute atomic E-state index is 0.0673. The van der Waals surface area contributed by atoms with E-state index in [4.69, 9.17) is 14.2 Å². The van der Waals surface area contributed by atoms with Gasteiger partial charge in [0.15, 0.2) is 6.10 Å². The van der Waals surface area contributed by atoms with Gasteiger partial charge in [0, 0.05) is 19.3 Å². The first-order chi connectivity index (χ1) is 41.0. The molecule has 1 atom stereocenters. The smallest absolute Gasteiger partial charge is 0.306 e. The lowest BCUT2D eigenvalue weighted by Gasteiger charge is -2.18. The van der Waals surface area contributed by atoms with E-state index in [1.165, 1.54) is 263 Å². The number of hydrogen-bond donors (Lipinski definition) is 0. The fourth-order valence-corrected chi connectivity index (χ4v) is 11.1. The molecule has 0 rings (SSSR count). The zero-order valence-corrected chi connectivity index (χ0v) is 55.7. The highest BCUT2D eigenvalue weighted by Crippen LogP contribution is 2.19. The summed E-state index contributed by atoms with van der Waals surface area (Å²) in [6.45, 7) is 6.60. The molecule has 0 aromatic carbocycles. The largest absolute Gasteiger partial charge is 0.462 e. The summed E-state index contributed by atoms with van der Waals surface area (Å²) in [6, 6.07) is 0.